The standard InChI is InChI=1S/C13H14N2/c1-10-4-2-3-5-13(10)15-12-7-6-11(8-12)9-14/h2-5,11H,6-8H2,1H3/b15-12+. The van der Waals surface area contributed by atoms with Crippen molar-refractivity contribution >= 4 is 11.4 Å². The van der Waals surface area contributed by atoms with Gasteiger partial charge in [0.1, 0.15) is 0 Å². The van der Waals surface area contributed by atoms with Crippen LogP contribution in [0, 0.1) is 24.2 Å². The molecule has 0 spiro atoms. The number of hydrogen-bond donors (Lipinski definition) is 0. The second-order valence-electron chi connectivity index (χ2n) is 4.03. The lowest BCUT2D eigenvalue weighted by atomic mass is 10.1. The lowest BCUT2D eigenvalue weighted by molar-refractivity contribution is 0.711. The van der Waals surface area contributed by atoms with Gasteiger partial charge >= 0.3 is 0 Å². The third-order valence-electron chi connectivity index (χ3n) is 2.84. The number of nitrogens with zero attached hydrogens (tertiary/aromatic N) is 2. The summed E-state index contributed by atoms with van der Waals surface area (Å²) in [6.07, 6.45) is 2.80. The molecule has 1 aromatic rings. The predicted molar refractivity (Wildman–Crippen MR) is 61.2 cm³/mol. The maximum atomic E-state index is 8.80. The summed E-state index contributed by atoms with van der Waals surface area (Å²) >= 11 is 0. The first-order chi connectivity index (χ1) is 7.29. The molecule has 0 aliphatic heterocycles. The first-order valence-electron chi connectivity index (χ1n) is 5.31. The van der Waals surface area contributed by atoms with Gasteiger partial charge in [-0.3, -0.25) is 4.99 Å². The van der Waals surface area contributed by atoms with Gasteiger partial charge in [-0.05, 0) is 31.4 Å². The molecule has 0 radical (unpaired) electrons. The largest absolute Gasteiger partial charge is 0.258 e. The van der Waals surface area contributed by atoms with Crippen LogP contribution in [0.3, 0.4) is 0 Å². The summed E-state index contributed by atoms with van der Waals surface area (Å²) in [4.78, 5) is 4.62. The number of hydrogen-bond acceptors (Lipinski definition) is 2. The summed E-state index contributed by atoms with van der Waals surface area (Å²) in [5, 5.41) is 8.80. The minimum absolute atomic E-state index is 0.188. The Morgan fingerprint density at radius 2 is 2.20 bits per heavy atom. The molecule has 15 heavy (non-hydrogen) atoms. The second kappa shape index (κ2) is 4.27. The predicted octanol–water partition coefficient (Wildman–Crippen LogP) is 3.39. The van der Waals surface area contributed by atoms with Crippen molar-refractivity contribution in [1.82, 2.24) is 0 Å². The summed E-state index contributed by atoms with van der Waals surface area (Å²) < 4.78 is 0. The van der Waals surface area contributed by atoms with Crippen LogP contribution in [0.5, 0.6) is 0 Å². The van der Waals surface area contributed by atoms with Crippen LogP contribution in [-0.4, -0.2) is 5.71 Å². The van der Waals surface area contributed by atoms with Gasteiger partial charge in [-0.25, -0.2) is 0 Å². The molecule has 0 amide bonds. The van der Waals surface area contributed by atoms with Crippen molar-refractivity contribution in [3.05, 3.63) is 29.8 Å². The van der Waals surface area contributed by atoms with Gasteiger partial charge in [-0.2, -0.15) is 5.26 Å². The van der Waals surface area contributed by atoms with E-state index in [4.69, 9.17) is 5.26 Å². The molecule has 1 aromatic carbocycles. The van der Waals surface area contributed by atoms with E-state index in [1.807, 2.05) is 18.2 Å². The molecule has 0 saturated heterocycles. The molecule has 2 rings (SSSR count). The SMILES string of the molecule is Cc1ccccc1/N=C1\CCC(C#N)C1. The Balaban J connectivity index is 2.19. The van der Waals surface area contributed by atoms with Gasteiger partial charge < -0.3 is 0 Å². The zero-order valence-electron chi connectivity index (χ0n) is 8.90. The minimum Gasteiger partial charge on any atom is -0.258 e. The Bertz CT molecular complexity index is 426. The zero-order valence-corrected chi connectivity index (χ0v) is 8.90. The fourth-order valence-corrected chi connectivity index (χ4v) is 1.90. The molecule has 0 bridgehead atoms. The van der Waals surface area contributed by atoms with E-state index in [-0.39, 0.29) is 5.92 Å². The Morgan fingerprint density at radius 3 is 2.87 bits per heavy atom. The van der Waals surface area contributed by atoms with Crippen LogP contribution in [0.25, 0.3) is 0 Å². The van der Waals surface area contributed by atoms with Crippen LogP contribution in [0.15, 0.2) is 29.3 Å². The van der Waals surface area contributed by atoms with Crippen molar-refractivity contribution in [2.24, 2.45) is 10.9 Å². The molecular formula is C13H14N2. The Hall–Kier alpha value is -1.62. The molecule has 1 saturated carbocycles. The number of aliphatic imine (C=N–C) groups is 1. The highest BCUT2D eigenvalue weighted by Gasteiger charge is 2.19. The average molecular weight is 198 g/mol. The molecule has 2 heteroatoms. The summed E-state index contributed by atoms with van der Waals surface area (Å²) in [6.45, 7) is 2.07. The number of benzene rings is 1. The minimum atomic E-state index is 0.188. The molecule has 1 atom stereocenters. The smallest absolute Gasteiger partial charge is 0.0659 e. The van der Waals surface area contributed by atoms with E-state index in [9.17, 15) is 0 Å². The number of aryl methyl sites for hydroxylation is 1. The van der Waals surface area contributed by atoms with Gasteiger partial charge in [0.05, 0.1) is 17.7 Å². The van der Waals surface area contributed by atoms with E-state index in [1.165, 1.54) is 11.3 Å². The number of para-hydroxylation sites is 1. The van der Waals surface area contributed by atoms with Gasteiger partial charge in [-0.1, -0.05) is 18.2 Å². The van der Waals surface area contributed by atoms with E-state index in [0.717, 1.165) is 24.9 Å². The fraction of sp³-hybridized carbons (Fsp3) is 0.385. The van der Waals surface area contributed by atoms with Crippen molar-refractivity contribution < 1.29 is 0 Å². The van der Waals surface area contributed by atoms with Crippen molar-refractivity contribution in [2.45, 2.75) is 26.2 Å². The Kier molecular flexibility index (Phi) is 2.82. The highest BCUT2D eigenvalue weighted by Crippen LogP contribution is 2.26. The summed E-state index contributed by atoms with van der Waals surface area (Å²) in [7, 11) is 0. The Labute approximate surface area is 90.3 Å². The third-order valence-corrected chi connectivity index (χ3v) is 2.84. The van der Waals surface area contributed by atoms with Crippen molar-refractivity contribution in [3.8, 4) is 6.07 Å². The highest BCUT2D eigenvalue weighted by molar-refractivity contribution is 5.89. The molecule has 76 valence electrons. The topological polar surface area (TPSA) is 36.1 Å². The highest BCUT2D eigenvalue weighted by atomic mass is 14.8. The average Bonchev–Trinajstić information content (AvgIpc) is 2.69. The molecule has 0 N–H and O–H groups in total. The fourth-order valence-electron chi connectivity index (χ4n) is 1.90. The van der Waals surface area contributed by atoms with Gasteiger partial charge in [0.25, 0.3) is 0 Å². The van der Waals surface area contributed by atoms with E-state index < -0.39 is 0 Å². The first kappa shape index (κ1) is 9.92. The molecule has 2 nitrogen and oxygen atoms in total. The summed E-state index contributed by atoms with van der Waals surface area (Å²) in [5.41, 5.74) is 3.42. The van der Waals surface area contributed by atoms with Crippen LogP contribution >= 0.6 is 0 Å². The normalized spacial score (nSPS) is 22.9. The van der Waals surface area contributed by atoms with E-state index in [0.29, 0.717) is 0 Å². The van der Waals surface area contributed by atoms with Crippen molar-refractivity contribution in [3.63, 3.8) is 0 Å². The summed E-state index contributed by atoms with van der Waals surface area (Å²) in [5.74, 6) is 0.188. The third kappa shape index (κ3) is 2.24. The van der Waals surface area contributed by atoms with Crippen LogP contribution < -0.4 is 0 Å². The van der Waals surface area contributed by atoms with Gasteiger partial charge in [0, 0.05) is 12.1 Å². The molecular weight excluding hydrogens is 184 g/mol. The van der Waals surface area contributed by atoms with Crippen LogP contribution in [-0.2, 0) is 0 Å². The van der Waals surface area contributed by atoms with Crippen molar-refractivity contribution in [2.75, 3.05) is 0 Å². The molecule has 1 aliphatic carbocycles. The molecule has 1 unspecified atom stereocenters. The van der Waals surface area contributed by atoms with E-state index >= 15 is 0 Å². The van der Waals surface area contributed by atoms with Crippen LogP contribution in [0.1, 0.15) is 24.8 Å². The van der Waals surface area contributed by atoms with Crippen LogP contribution in [0.2, 0.25) is 0 Å². The van der Waals surface area contributed by atoms with Gasteiger partial charge in [0.2, 0.25) is 0 Å². The van der Waals surface area contributed by atoms with Gasteiger partial charge in [-0.15, -0.1) is 0 Å². The second-order valence-corrected chi connectivity index (χ2v) is 4.03. The van der Waals surface area contributed by atoms with Crippen molar-refractivity contribution in [1.29, 1.82) is 5.26 Å². The quantitative estimate of drug-likeness (QED) is 0.681. The van der Waals surface area contributed by atoms with E-state index in [1.54, 1.807) is 0 Å². The molecule has 0 heterocycles. The zero-order chi connectivity index (χ0) is 10.7. The summed E-state index contributed by atoms with van der Waals surface area (Å²) in [6, 6.07) is 10.4. The Morgan fingerprint density at radius 1 is 1.40 bits per heavy atom. The van der Waals surface area contributed by atoms with Crippen LogP contribution in [0.4, 0.5) is 5.69 Å². The van der Waals surface area contributed by atoms with E-state index in [2.05, 4.69) is 24.1 Å². The first-order valence-corrected chi connectivity index (χ1v) is 5.31. The maximum Gasteiger partial charge on any atom is 0.0659 e. The monoisotopic (exact) mass is 198 g/mol. The number of nitriles is 1. The number of rotatable bonds is 1. The molecule has 1 fully saturated rings. The van der Waals surface area contributed by atoms with Gasteiger partial charge in [0.15, 0.2) is 0 Å². The molecule has 0 aromatic heterocycles. The maximum absolute atomic E-state index is 8.80. The lowest BCUT2D eigenvalue weighted by Crippen LogP contribution is -1.91. The lowest BCUT2D eigenvalue weighted by Gasteiger charge is -2.00. The molecule has 1 aliphatic rings.